The van der Waals surface area contributed by atoms with Crippen LogP contribution in [-0.4, -0.2) is 37.0 Å². The Labute approximate surface area is 121 Å². The number of carbonyl (C=O) groups excluding carboxylic acids is 1. The Kier molecular flexibility index (Phi) is 3.79. The van der Waals surface area contributed by atoms with E-state index in [4.69, 9.17) is 0 Å². The van der Waals surface area contributed by atoms with Crippen LogP contribution < -0.4 is 5.32 Å². The van der Waals surface area contributed by atoms with Crippen molar-refractivity contribution >= 4 is 5.91 Å². The first-order chi connectivity index (χ1) is 9.66. The summed E-state index contributed by atoms with van der Waals surface area (Å²) in [5.74, 6) is 1.00. The van der Waals surface area contributed by atoms with Gasteiger partial charge in [0.1, 0.15) is 0 Å². The SMILES string of the molecule is CC(C(=O)N(C)C1CCc2ccccc2C1)C1CNC1. The minimum absolute atomic E-state index is 0.151. The van der Waals surface area contributed by atoms with Crippen LogP contribution in [0, 0.1) is 11.8 Å². The lowest BCUT2D eigenvalue weighted by molar-refractivity contribution is -0.138. The summed E-state index contributed by atoms with van der Waals surface area (Å²) in [7, 11) is 1.99. The number of carbonyl (C=O) groups is 1. The normalized spacial score (nSPS) is 23.6. The summed E-state index contributed by atoms with van der Waals surface area (Å²) >= 11 is 0. The highest BCUT2D eigenvalue weighted by molar-refractivity contribution is 5.79. The highest BCUT2D eigenvalue weighted by atomic mass is 16.2. The lowest BCUT2D eigenvalue weighted by Gasteiger charge is -2.38. The molecule has 1 aromatic carbocycles. The standard InChI is InChI=1S/C17H24N2O/c1-12(15-10-18-11-15)17(20)19(2)16-8-7-13-5-3-4-6-14(13)9-16/h3-6,12,15-16,18H,7-11H2,1-2H3. The van der Waals surface area contributed by atoms with E-state index in [1.54, 1.807) is 0 Å². The van der Waals surface area contributed by atoms with Gasteiger partial charge in [-0.05, 0) is 49.4 Å². The second-order valence-corrected chi connectivity index (χ2v) is 6.32. The van der Waals surface area contributed by atoms with Gasteiger partial charge in [-0.15, -0.1) is 0 Å². The molecule has 0 radical (unpaired) electrons. The number of aryl methyl sites for hydroxylation is 1. The van der Waals surface area contributed by atoms with Gasteiger partial charge in [-0.3, -0.25) is 4.79 Å². The third-order valence-corrected chi connectivity index (χ3v) is 5.13. The molecule has 1 aliphatic carbocycles. The minimum atomic E-state index is 0.151. The van der Waals surface area contributed by atoms with Crippen molar-refractivity contribution in [2.45, 2.75) is 32.2 Å². The molecule has 1 fully saturated rings. The molecule has 20 heavy (non-hydrogen) atoms. The lowest BCUT2D eigenvalue weighted by atomic mass is 9.85. The maximum Gasteiger partial charge on any atom is 0.225 e. The molecule has 1 N–H and O–H groups in total. The molecule has 1 heterocycles. The molecule has 0 saturated carbocycles. The Morgan fingerprint density at radius 2 is 2.00 bits per heavy atom. The first-order valence-electron chi connectivity index (χ1n) is 7.71. The van der Waals surface area contributed by atoms with Crippen molar-refractivity contribution < 1.29 is 4.79 Å². The molecule has 3 heteroatoms. The maximum atomic E-state index is 12.6. The highest BCUT2D eigenvalue weighted by Gasteiger charge is 2.33. The Hall–Kier alpha value is -1.35. The van der Waals surface area contributed by atoms with Crippen molar-refractivity contribution in [2.24, 2.45) is 11.8 Å². The molecule has 2 aliphatic rings. The maximum absolute atomic E-state index is 12.6. The van der Waals surface area contributed by atoms with Gasteiger partial charge >= 0.3 is 0 Å². The molecule has 1 aliphatic heterocycles. The van der Waals surface area contributed by atoms with E-state index in [1.165, 1.54) is 11.1 Å². The van der Waals surface area contributed by atoms with Crippen molar-refractivity contribution in [3.05, 3.63) is 35.4 Å². The fourth-order valence-corrected chi connectivity index (χ4v) is 3.38. The van der Waals surface area contributed by atoms with Crippen LogP contribution in [0.15, 0.2) is 24.3 Å². The van der Waals surface area contributed by atoms with E-state index in [0.717, 1.165) is 32.4 Å². The number of likely N-dealkylation sites (N-methyl/N-ethyl adjacent to an activating group) is 1. The summed E-state index contributed by atoms with van der Waals surface area (Å²) in [6.45, 7) is 4.07. The van der Waals surface area contributed by atoms with Gasteiger partial charge in [0.2, 0.25) is 5.91 Å². The molecular weight excluding hydrogens is 248 g/mol. The van der Waals surface area contributed by atoms with Gasteiger partial charge < -0.3 is 10.2 Å². The lowest BCUT2D eigenvalue weighted by Crippen LogP contribution is -2.52. The molecule has 0 bridgehead atoms. The average Bonchev–Trinajstić information content (AvgIpc) is 2.43. The summed E-state index contributed by atoms with van der Waals surface area (Å²) in [5.41, 5.74) is 2.88. The third-order valence-electron chi connectivity index (χ3n) is 5.13. The van der Waals surface area contributed by atoms with Crippen molar-refractivity contribution in [3.63, 3.8) is 0 Å². The minimum Gasteiger partial charge on any atom is -0.342 e. The summed E-state index contributed by atoms with van der Waals surface area (Å²) in [5, 5.41) is 3.26. The van der Waals surface area contributed by atoms with Crippen LogP contribution in [0.3, 0.4) is 0 Å². The molecule has 0 spiro atoms. The summed E-state index contributed by atoms with van der Waals surface area (Å²) in [6, 6.07) is 9.01. The summed E-state index contributed by atoms with van der Waals surface area (Å²) < 4.78 is 0. The average molecular weight is 272 g/mol. The summed E-state index contributed by atoms with van der Waals surface area (Å²) in [4.78, 5) is 14.6. The number of benzene rings is 1. The zero-order chi connectivity index (χ0) is 14.1. The Balaban J connectivity index is 1.66. The predicted octanol–water partition coefficient (Wildman–Crippen LogP) is 1.86. The van der Waals surface area contributed by atoms with Gasteiger partial charge in [-0.2, -0.15) is 0 Å². The molecule has 2 unspecified atom stereocenters. The van der Waals surface area contributed by atoms with Crippen LogP contribution in [0.2, 0.25) is 0 Å². The molecule has 1 aromatic rings. The van der Waals surface area contributed by atoms with Crippen molar-refractivity contribution in [1.82, 2.24) is 10.2 Å². The van der Waals surface area contributed by atoms with Crippen molar-refractivity contribution in [3.8, 4) is 0 Å². The van der Waals surface area contributed by atoms with Crippen molar-refractivity contribution in [2.75, 3.05) is 20.1 Å². The highest BCUT2D eigenvalue weighted by Crippen LogP contribution is 2.26. The predicted molar refractivity (Wildman–Crippen MR) is 80.5 cm³/mol. The van der Waals surface area contributed by atoms with Gasteiger partial charge in [0, 0.05) is 19.0 Å². The van der Waals surface area contributed by atoms with Crippen molar-refractivity contribution in [1.29, 1.82) is 0 Å². The van der Waals surface area contributed by atoms with Crippen LogP contribution in [-0.2, 0) is 17.6 Å². The second-order valence-electron chi connectivity index (χ2n) is 6.32. The monoisotopic (exact) mass is 272 g/mol. The molecule has 3 nitrogen and oxygen atoms in total. The zero-order valence-corrected chi connectivity index (χ0v) is 12.4. The van der Waals surface area contributed by atoms with Crippen LogP contribution >= 0.6 is 0 Å². The Morgan fingerprint density at radius 3 is 2.65 bits per heavy atom. The largest absolute Gasteiger partial charge is 0.342 e. The molecule has 1 saturated heterocycles. The molecule has 1 amide bonds. The van der Waals surface area contributed by atoms with Gasteiger partial charge in [0.15, 0.2) is 0 Å². The Morgan fingerprint density at radius 1 is 1.30 bits per heavy atom. The topological polar surface area (TPSA) is 32.3 Å². The van der Waals surface area contributed by atoms with E-state index in [0.29, 0.717) is 17.9 Å². The van der Waals surface area contributed by atoms with E-state index in [-0.39, 0.29) is 5.92 Å². The fraction of sp³-hybridized carbons (Fsp3) is 0.588. The number of rotatable bonds is 3. The molecule has 2 atom stereocenters. The number of hydrogen-bond acceptors (Lipinski definition) is 2. The smallest absolute Gasteiger partial charge is 0.225 e. The molecule has 0 aromatic heterocycles. The second kappa shape index (κ2) is 5.57. The zero-order valence-electron chi connectivity index (χ0n) is 12.4. The third kappa shape index (κ3) is 2.47. The van der Waals surface area contributed by atoms with Gasteiger partial charge in [0.25, 0.3) is 0 Å². The first-order valence-corrected chi connectivity index (χ1v) is 7.71. The van der Waals surface area contributed by atoms with E-state index in [2.05, 4.69) is 36.5 Å². The number of fused-ring (bicyclic) bond motifs is 1. The number of hydrogen-bond donors (Lipinski definition) is 1. The number of amides is 1. The van der Waals surface area contributed by atoms with Crippen LogP contribution in [0.25, 0.3) is 0 Å². The first kappa shape index (κ1) is 13.6. The van der Waals surface area contributed by atoms with Gasteiger partial charge in [-0.25, -0.2) is 0 Å². The number of nitrogens with one attached hydrogen (secondary N) is 1. The van der Waals surface area contributed by atoms with Crippen LogP contribution in [0.4, 0.5) is 0 Å². The Bertz CT molecular complexity index is 496. The van der Waals surface area contributed by atoms with Crippen LogP contribution in [0.1, 0.15) is 24.5 Å². The molecule has 108 valence electrons. The van der Waals surface area contributed by atoms with E-state index in [9.17, 15) is 4.79 Å². The van der Waals surface area contributed by atoms with E-state index >= 15 is 0 Å². The van der Waals surface area contributed by atoms with Gasteiger partial charge in [-0.1, -0.05) is 31.2 Å². The molecular formula is C17H24N2O. The van der Waals surface area contributed by atoms with Crippen LogP contribution in [0.5, 0.6) is 0 Å². The fourth-order valence-electron chi connectivity index (χ4n) is 3.38. The molecule has 3 rings (SSSR count). The quantitative estimate of drug-likeness (QED) is 0.911. The van der Waals surface area contributed by atoms with E-state index < -0.39 is 0 Å². The van der Waals surface area contributed by atoms with E-state index in [1.807, 2.05) is 11.9 Å². The summed E-state index contributed by atoms with van der Waals surface area (Å²) in [6.07, 6.45) is 3.20. The van der Waals surface area contributed by atoms with Gasteiger partial charge in [0.05, 0.1) is 0 Å². The number of nitrogens with zero attached hydrogens (tertiary/aromatic N) is 1.